The van der Waals surface area contributed by atoms with E-state index in [0.717, 1.165) is 39.0 Å². The van der Waals surface area contributed by atoms with Gasteiger partial charge in [0.15, 0.2) is 0 Å². The average Bonchev–Trinajstić information content (AvgIpc) is 3.59. The molecule has 0 aliphatic carbocycles. The van der Waals surface area contributed by atoms with Gasteiger partial charge in [0, 0.05) is 16.5 Å². The third-order valence-corrected chi connectivity index (χ3v) is 10.3. The van der Waals surface area contributed by atoms with Crippen molar-refractivity contribution in [3.63, 3.8) is 0 Å². The molecule has 10 aromatic rings. The zero-order valence-electron chi connectivity index (χ0n) is 27.9. The zero-order chi connectivity index (χ0) is 33.7. The summed E-state index contributed by atoms with van der Waals surface area (Å²) >= 11 is 0. The summed E-state index contributed by atoms with van der Waals surface area (Å²) in [6.45, 7) is 0. The highest BCUT2D eigenvalue weighted by Gasteiger charge is 2.19. The second-order valence-electron chi connectivity index (χ2n) is 13.2. The summed E-state index contributed by atoms with van der Waals surface area (Å²) in [4.78, 5) is 0. The highest BCUT2D eigenvalue weighted by atomic mass is 16.3. The lowest BCUT2D eigenvalue weighted by Gasteiger charge is -2.18. The maximum Gasteiger partial charge on any atom is 0.143 e. The Kier molecular flexibility index (Phi) is 6.89. The molecule has 0 amide bonds. The van der Waals surface area contributed by atoms with E-state index < -0.39 is 0 Å². The van der Waals surface area contributed by atoms with Crippen molar-refractivity contribution in [2.75, 3.05) is 0 Å². The SMILES string of the molecule is c1ccc(-c2oc3ccc(-c4ccc(-c5c6ccccc6c(-c6ccc7ccccc7c6)c6ccccc56)cc4)cc3c2-c2ccccc2)cc1. The van der Waals surface area contributed by atoms with Gasteiger partial charge in [-0.3, -0.25) is 0 Å². The predicted octanol–water partition coefficient (Wildman–Crippen LogP) is 14.2. The Labute approximate surface area is 296 Å². The molecule has 1 heteroatoms. The Hall–Kier alpha value is -6.70. The van der Waals surface area contributed by atoms with Crippen LogP contribution in [0.15, 0.2) is 199 Å². The minimum atomic E-state index is 0.887. The molecule has 0 bridgehead atoms. The zero-order valence-corrected chi connectivity index (χ0v) is 27.9. The van der Waals surface area contributed by atoms with Crippen LogP contribution in [0.25, 0.3) is 99.1 Å². The van der Waals surface area contributed by atoms with E-state index in [1.807, 2.05) is 6.07 Å². The first kappa shape index (κ1) is 29.2. The second-order valence-corrected chi connectivity index (χ2v) is 13.2. The van der Waals surface area contributed by atoms with Crippen LogP contribution in [0.5, 0.6) is 0 Å². The van der Waals surface area contributed by atoms with E-state index in [4.69, 9.17) is 4.42 Å². The lowest BCUT2D eigenvalue weighted by Crippen LogP contribution is -1.91. The van der Waals surface area contributed by atoms with Gasteiger partial charge in [0.1, 0.15) is 11.3 Å². The molecule has 0 N–H and O–H groups in total. The smallest absolute Gasteiger partial charge is 0.143 e. The van der Waals surface area contributed by atoms with Gasteiger partial charge in [-0.2, -0.15) is 0 Å². The Balaban J connectivity index is 1.12. The third kappa shape index (κ3) is 4.94. The molecule has 0 aliphatic heterocycles. The van der Waals surface area contributed by atoms with Crippen molar-refractivity contribution in [1.29, 1.82) is 0 Å². The van der Waals surface area contributed by atoms with E-state index in [2.05, 4.69) is 188 Å². The van der Waals surface area contributed by atoms with Crippen LogP contribution in [0.2, 0.25) is 0 Å². The number of fused-ring (bicyclic) bond motifs is 4. The Morgan fingerprint density at radius 2 is 0.725 bits per heavy atom. The highest BCUT2D eigenvalue weighted by Crippen LogP contribution is 2.45. The molecule has 0 unspecified atom stereocenters. The Morgan fingerprint density at radius 3 is 1.37 bits per heavy atom. The average molecular weight is 649 g/mol. The number of furan rings is 1. The van der Waals surface area contributed by atoms with Gasteiger partial charge in [-0.05, 0) is 89.5 Å². The van der Waals surface area contributed by atoms with Gasteiger partial charge in [-0.1, -0.05) is 176 Å². The Bertz CT molecular complexity index is 2820. The molecule has 1 nitrogen and oxygen atoms in total. The van der Waals surface area contributed by atoms with Crippen LogP contribution in [-0.2, 0) is 0 Å². The maximum absolute atomic E-state index is 6.55. The van der Waals surface area contributed by atoms with Gasteiger partial charge in [-0.25, -0.2) is 0 Å². The van der Waals surface area contributed by atoms with E-state index in [1.165, 1.54) is 60.1 Å². The van der Waals surface area contributed by atoms with E-state index >= 15 is 0 Å². The van der Waals surface area contributed by atoms with Crippen molar-refractivity contribution in [2.45, 2.75) is 0 Å². The van der Waals surface area contributed by atoms with E-state index in [9.17, 15) is 0 Å². The quantitative estimate of drug-likeness (QED) is 0.169. The highest BCUT2D eigenvalue weighted by molar-refractivity contribution is 6.21. The van der Waals surface area contributed by atoms with Gasteiger partial charge in [-0.15, -0.1) is 0 Å². The second kappa shape index (κ2) is 12.0. The van der Waals surface area contributed by atoms with Crippen LogP contribution in [0.1, 0.15) is 0 Å². The summed E-state index contributed by atoms with van der Waals surface area (Å²) in [6, 6.07) is 69.8. The Morgan fingerprint density at radius 1 is 0.255 bits per heavy atom. The molecule has 0 spiro atoms. The number of hydrogen-bond acceptors (Lipinski definition) is 1. The van der Waals surface area contributed by atoms with E-state index in [-0.39, 0.29) is 0 Å². The molecule has 0 saturated heterocycles. The largest absolute Gasteiger partial charge is 0.455 e. The van der Waals surface area contributed by atoms with Gasteiger partial charge in [0.05, 0.1) is 0 Å². The van der Waals surface area contributed by atoms with Gasteiger partial charge < -0.3 is 4.42 Å². The molecule has 0 aliphatic rings. The first-order chi connectivity index (χ1) is 25.3. The molecular weight excluding hydrogens is 617 g/mol. The van der Waals surface area contributed by atoms with Crippen LogP contribution >= 0.6 is 0 Å². The molecule has 1 aromatic heterocycles. The van der Waals surface area contributed by atoms with Crippen LogP contribution in [0.3, 0.4) is 0 Å². The summed E-state index contributed by atoms with van der Waals surface area (Å²) in [5, 5.41) is 8.66. The van der Waals surface area contributed by atoms with Crippen molar-refractivity contribution in [2.24, 2.45) is 0 Å². The number of hydrogen-bond donors (Lipinski definition) is 0. The summed E-state index contributed by atoms with van der Waals surface area (Å²) in [7, 11) is 0. The molecule has 0 atom stereocenters. The van der Waals surface area contributed by atoms with Gasteiger partial charge in [0.25, 0.3) is 0 Å². The van der Waals surface area contributed by atoms with Crippen LogP contribution in [0, 0.1) is 0 Å². The molecule has 9 aromatic carbocycles. The predicted molar refractivity (Wildman–Crippen MR) is 216 cm³/mol. The van der Waals surface area contributed by atoms with Gasteiger partial charge >= 0.3 is 0 Å². The molecule has 1 heterocycles. The molecule has 0 saturated carbocycles. The van der Waals surface area contributed by atoms with Crippen LogP contribution in [0.4, 0.5) is 0 Å². The van der Waals surface area contributed by atoms with Crippen molar-refractivity contribution in [1.82, 2.24) is 0 Å². The fourth-order valence-electron chi connectivity index (χ4n) is 7.89. The maximum atomic E-state index is 6.55. The van der Waals surface area contributed by atoms with E-state index in [1.54, 1.807) is 0 Å². The fraction of sp³-hybridized carbons (Fsp3) is 0. The standard InChI is InChI=1S/C50H32O/c1-3-14-35(15-4-1)49-45-32-39(29-30-46(45)51-50(49)37-16-5-2-6-17-37)34-23-26-36(27-24-34)47-41-19-9-11-21-43(41)48(44-22-12-10-20-42(44)47)40-28-25-33-13-7-8-18-38(33)31-40/h1-32H. The van der Waals surface area contributed by atoms with Crippen molar-refractivity contribution < 1.29 is 4.42 Å². The summed E-state index contributed by atoms with van der Waals surface area (Å²) in [5.41, 5.74) is 11.6. The first-order valence-corrected chi connectivity index (χ1v) is 17.5. The number of rotatable bonds is 5. The van der Waals surface area contributed by atoms with Crippen molar-refractivity contribution >= 4 is 43.3 Å². The molecular formula is C50H32O. The molecule has 51 heavy (non-hydrogen) atoms. The monoisotopic (exact) mass is 648 g/mol. The topological polar surface area (TPSA) is 13.1 Å². The van der Waals surface area contributed by atoms with Crippen LogP contribution < -0.4 is 0 Å². The molecule has 0 radical (unpaired) electrons. The summed E-state index contributed by atoms with van der Waals surface area (Å²) < 4.78 is 6.55. The van der Waals surface area contributed by atoms with Crippen LogP contribution in [-0.4, -0.2) is 0 Å². The molecule has 238 valence electrons. The fourth-order valence-corrected chi connectivity index (χ4v) is 7.89. The van der Waals surface area contributed by atoms with E-state index in [0.29, 0.717) is 0 Å². The van der Waals surface area contributed by atoms with Crippen molar-refractivity contribution in [3.05, 3.63) is 194 Å². The third-order valence-electron chi connectivity index (χ3n) is 10.3. The normalized spacial score (nSPS) is 11.5. The number of benzene rings is 9. The molecule has 0 fully saturated rings. The summed E-state index contributed by atoms with van der Waals surface area (Å²) in [6.07, 6.45) is 0. The molecule has 10 rings (SSSR count). The summed E-state index contributed by atoms with van der Waals surface area (Å²) in [5.74, 6) is 0.898. The lowest BCUT2D eigenvalue weighted by molar-refractivity contribution is 0.632. The van der Waals surface area contributed by atoms with Gasteiger partial charge in [0.2, 0.25) is 0 Å². The minimum Gasteiger partial charge on any atom is -0.455 e. The van der Waals surface area contributed by atoms with Crippen molar-refractivity contribution in [3.8, 4) is 55.8 Å². The first-order valence-electron chi connectivity index (χ1n) is 17.5. The minimum absolute atomic E-state index is 0.887. The lowest BCUT2D eigenvalue weighted by atomic mass is 9.85.